The molecule has 1 rings (SSSR count). The highest BCUT2D eigenvalue weighted by atomic mass is 35.5. The second kappa shape index (κ2) is 8.12. The third kappa shape index (κ3) is 5.73. The molecule has 0 amide bonds. The minimum atomic E-state index is 0.259. The molecule has 0 radical (unpaired) electrons. The first-order valence-corrected chi connectivity index (χ1v) is 5.98. The number of aromatic hydroxyl groups is 1. The van der Waals surface area contributed by atoms with Crippen LogP contribution in [0.2, 0.25) is 5.02 Å². The molecule has 17 heavy (non-hydrogen) atoms. The summed E-state index contributed by atoms with van der Waals surface area (Å²) in [6.45, 7) is 6.29. The summed E-state index contributed by atoms with van der Waals surface area (Å²) in [4.78, 5) is 0. The third-order valence-corrected chi connectivity index (χ3v) is 2.48. The summed E-state index contributed by atoms with van der Waals surface area (Å²) in [5, 5.41) is 13.4. The molecule has 1 aromatic rings. The highest BCUT2D eigenvalue weighted by Crippen LogP contribution is 2.20. The zero-order valence-corrected chi connectivity index (χ0v) is 10.5. The van der Waals surface area contributed by atoms with Gasteiger partial charge in [0.05, 0.1) is 13.2 Å². The fraction of sp³-hybridized carbons (Fsp3) is 0.385. The smallest absolute Gasteiger partial charge is 0.120 e. The predicted molar refractivity (Wildman–Crippen MR) is 70.5 cm³/mol. The first kappa shape index (κ1) is 14.0. The van der Waals surface area contributed by atoms with E-state index in [0.717, 1.165) is 18.5 Å². The van der Waals surface area contributed by atoms with Crippen LogP contribution >= 0.6 is 11.6 Å². The van der Waals surface area contributed by atoms with Crippen molar-refractivity contribution in [1.29, 1.82) is 0 Å². The standard InChI is InChI=1S/C13H18ClNO2/c1-2-3-7-17-8-6-15-10-11-9-12(14)4-5-13(11)16/h2,4-5,9,15-16H,1,3,6-8,10H2. The van der Waals surface area contributed by atoms with Crippen LogP contribution < -0.4 is 5.32 Å². The molecule has 0 aliphatic carbocycles. The molecule has 0 saturated carbocycles. The average molecular weight is 256 g/mol. The molecule has 0 atom stereocenters. The third-order valence-electron chi connectivity index (χ3n) is 2.25. The van der Waals surface area contributed by atoms with Crippen LogP contribution in [0.4, 0.5) is 0 Å². The molecular formula is C13H18ClNO2. The van der Waals surface area contributed by atoms with Crippen molar-refractivity contribution in [2.24, 2.45) is 0 Å². The van der Waals surface area contributed by atoms with Crippen LogP contribution in [0.5, 0.6) is 5.75 Å². The lowest BCUT2D eigenvalue weighted by atomic mass is 10.2. The van der Waals surface area contributed by atoms with Gasteiger partial charge in [0.1, 0.15) is 5.75 Å². The van der Waals surface area contributed by atoms with Crippen molar-refractivity contribution < 1.29 is 9.84 Å². The molecule has 0 bridgehead atoms. The van der Waals surface area contributed by atoms with Gasteiger partial charge in [0.25, 0.3) is 0 Å². The van der Waals surface area contributed by atoms with E-state index in [4.69, 9.17) is 16.3 Å². The van der Waals surface area contributed by atoms with E-state index in [9.17, 15) is 5.11 Å². The molecule has 0 unspecified atom stereocenters. The number of phenols is 1. The van der Waals surface area contributed by atoms with Crippen LogP contribution in [0.25, 0.3) is 0 Å². The average Bonchev–Trinajstić information content (AvgIpc) is 2.32. The molecule has 3 nitrogen and oxygen atoms in total. The Bertz CT molecular complexity index is 355. The Labute approximate surface area is 107 Å². The number of phenolic OH excluding ortho intramolecular Hbond substituents is 1. The Morgan fingerprint density at radius 2 is 2.24 bits per heavy atom. The summed E-state index contributed by atoms with van der Waals surface area (Å²) in [7, 11) is 0. The summed E-state index contributed by atoms with van der Waals surface area (Å²) >= 11 is 5.84. The number of ether oxygens (including phenoxy) is 1. The number of benzene rings is 1. The maximum atomic E-state index is 9.57. The van der Waals surface area contributed by atoms with Gasteiger partial charge in [-0.25, -0.2) is 0 Å². The topological polar surface area (TPSA) is 41.5 Å². The number of hydrogen-bond donors (Lipinski definition) is 2. The SMILES string of the molecule is C=CCCOCCNCc1cc(Cl)ccc1O. The summed E-state index contributed by atoms with van der Waals surface area (Å²) in [5.41, 5.74) is 0.795. The van der Waals surface area contributed by atoms with Crippen LogP contribution in [0.3, 0.4) is 0 Å². The second-order valence-corrected chi connectivity index (χ2v) is 4.08. The largest absolute Gasteiger partial charge is 0.508 e. The van der Waals surface area contributed by atoms with Crippen LogP contribution in [0.15, 0.2) is 30.9 Å². The fourth-order valence-electron chi connectivity index (χ4n) is 1.33. The van der Waals surface area contributed by atoms with Crippen LogP contribution in [-0.4, -0.2) is 24.9 Å². The van der Waals surface area contributed by atoms with E-state index >= 15 is 0 Å². The van der Waals surface area contributed by atoms with Gasteiger partial charge in [-0.15, -0.1) is 6.58 Å². The molecule has 0 saturated heterocycles. The molecular weight excluding hydrogens is 238 g/mol. The Morgan fingerprint density at radius 1 is 1.41 bits per heavy atom. The highest BCUT2D eigenvalue weighted by molar-refractivity contribution is 6.30. The molecule has 0 aromatic heterocycles. The fourth-order valence-corrected chi connectivity index (χ4v) is 1.53. The van der Waals surface area contributed by atoms with Crippen LogP contribution in [-0.2, 0) is 11.3 Å². The molecule has 0 heterocycles. The van der Waals surface area contributed by atoms with Gasteiger partial charge in [-0.2, -0.15) is 0 Å². The van der Waals surface area contributed by atoms with Crippen molar-refractivity contribution in [3.05, 3.63) is 41.4 Å². The zero-order chi connectivity index (χ0) is 12.5. The minimum Gasteiger partial charge on any atom is -0.508 e. The van der Waals surface area contributed by atoms with Crippen molar-refractivity contribution >= 4 is 11.6 Å². The van der Waals surface area contributed by atoms with E-state index in [1.165, 1.54) is 0 Å². The van der Waals surface area contributed by atoms with Crippen molar-refractivity contribution in [2.75, 3.05) is 19.8 Å². The number of rotatable bonds is 8. The zero-order valence-electron chi connectivity index (χ0n) is 9.79. The normalized spacial score (nSPS) is 10.4. The molecule has 0 aliphatic rings. The Kier molecular flexibility index (Phi) is 6.70. The lowest BCUT2D eigenvalue weighted by Gasteiger charge is -2.07. The van der Waals surface area contributed by atoms with Crippen molar-refractivity contribution in [3.63, 3.8) is 0 Å². The molecule has 0 aliphatic heterocycles. The molecule has 0 fully saturated rings. The van der Waals surface area contributed by atoms with E-state index in [2.05, 4.69) is 11.9 Å². The summed E-state index contributed by atoms with van der Waals surface area (Å²) < 4.78 is 5.34. The Hall–Kier alpha value is -1.03. The number of hydrogen-bond acceptors (Lipinski definition) is 3. The maximum Gasteiger partial charge on any atom is 0.120 e. The van der Waals surface area contributed by atoms with Gasteiger partial charge in [0.2, 0.25) is 0 Å². The van der Waals surface area contributed by atoms with Crippen molar-refractivity contribution in [3.8, 4) is 5.75 Å². The first-order valence-electron chi connectivity index (χ1n) is 5.61. The molecule has 0 spiro atoms. The molecule has 1 aromatic carbocycles. The van der Waals surface area contributed by atoms with Gasteiger partial charge in [-0.3, -0.25) is 0 Å². The monoisotopic (exact) mass is 255 g/mol. The first-order chi connectivity index (χ1) is 8.24. The van der Waals surface area contributed by atoms with Gasteiger partial charge in [0, 0.05) is 23.7 Å². The predicted octanol–water partition coefficient (Wildman–Crippen LogP) is 2.73. The van der Waals surface area contributed by atoms with E-state index in [1.807, 2.05) is 6.08 Å². The summed E-state index contributed by atoms with van der Waals surface area (Å²) in [6.07, 6.45) is 2.70. The van der Waals surface area contributed by atoms with E-state index in [0.29, 0.717) is 24.8 Å². The summed E-state index contributed by atoms with van der Waals surface area (Å²) in [5.74, 6) is 0.259. The Balaban J connectivity index is 2.17. The summed E-state index contributed by atoms with van der Waals surface area (Å²) in [6, 6.07) is 5.02. The van der Waals surface area contributed by atoms with Crippen LogP contribution in [0.1, 0.15) is 12.0 Å². The molecule has 94 valence electrons. The van der Waals surface area contributed by atoms with E-state index < -0.39 is 0 Å². The minimum absolute atomic E-state index is 0.259. The maximum absolute atomic E-state index is 9.57. The lowest BCUT2D eigenvalue weighted by molar-refractivity contribution is 0.140. The second-order valence-electron chi connectivity index (χ2n) is 3.64. The number of nitrogens with one attached hydrogen (secondary N) is 1. The van der Waals surface area contributed by atoms with Crippen LogP contribution in [0, 0.1) is 0 Å². The van der Waals surface area contributed by atoms with Gasteiger partial charge >= 0.3 is 0 Å². The molecule has 2 N–H and O–H groups in total. The molecule has 4 heteroatoms. The van der Waals surface area contributed by atoms with Crippen molar-refractivity contribution in [1.82, 2.24) is 5.32 Å². The van der Waals surface area contributed by atoms with E-state index in [-0.39, 0.29) is 5.75 Å². The van der Waals surface area contributed by atoms with Gasteiger partial charge in [-0.05, 0) is 24.6 Å². The van der Waals surface area contributed by atoms with Crippen molar-refractivity contribution in [2.45, 2.75) is 13.0 Å². The Morgan fingerprint density at radius 3 is 3.00 bits per heavy atom. The number of halogens is 1. The van der Waals surface area contributed by atoms with Gasteiger partial charge in [-0.1, -0.05) is 17.7 Å². The lowest BCUT2D eigenvalue weighted by Crippen LogP contribution is -2.19. The van der Waals surface area contributed by atoms with E-state index in [1.54, 1.807) is 18.2 Å². The van der Waals surface area contributed by atoms with Gasteiger partial charge in [0.15, 0.2) is 0 Å². The highest BCUT2D eigenvalue weighted by Gasteiger charge is 2.01. The van der Waals surface area contributed by atoms with Gasteiger partial charge < -0.3 is 15.2 Å². The quantitative estimate of drug-likeness (QED) is 0.554.